The van der Waals surface area contributed by atoms with Gasteiger partial charge in [-0.3, -0.25) is 4.79 Å². The van der Waals surface area contributed by atoms with Crippen molar-refractivity contribution in [2.45, 2.75) is 64.6 Å². The van der Waals surface area contributed by atoms with Gasteiger partial charge in [-0.25, -0.2) is 19.2 Å². The molecule has 3 aromatic rings. The zero-order chi connectivity index (χ0) is 29.3. The largest absolute Gasteiger partial charge is 0.492 e. The average molecular weight is 584 g/mol. The lowest BCUT2D eigenvalue weighted by Gasteiger charge is -2.17. The molecule has 10 nitrogen and oxygen atoms in total. The number of rotatable bonds is 11. The second-order valence-corrected chi connectivity index (χ2v) is 17.9. The fourth-order valence-corrected chi connectivity index (χ4v) is 5.83. The lowest BCUT2D eigenvalue weighted by Crippen LogP contribution is -2.38. The van der Waals surface area contributed by atoms with Crippen LogP contribution in [0.2, 0.25) is 25.7 Å². The second-order valence-electron chi connectivity index (χ2n) is 12.2. The van der Waals surface area contributed by atoms with Crippen molar-refractivity contribution in [2.75, 3.05) is 26.3 Å². The Balaban J connectivity index is 1.54. The van der Waals surface area contributed by atoms with Crippen molar-refractivity contribution in [1.82, 2.24) is 24.8 Å². The van der Waals surface area contributed by atoms with Gasteiger partial charge in [0.15, 0.2) is 0 Å². The summed E-state index contributed by atoms with van der Waals surface area (Å²) in [6.07, 6.45) is 3.14. The molecule has 220 valence electrons. The minimum atomic E-state index is -1.32. The third-order valence-electron chi connectivity index (χ3n) is 7.70. The van der Waals surface area contributed by atoms with Crippen molar-refractivity contribution in [3.63, 3.8) is 0 Å². The maximum Gasteiger partial charge on any atom is 0.407 e. The van der Waals surface area contributed by atoms with Gasteiger partial charge in [0.2, 0.25) is 0 Å². The normalized spacial score (nSPS) is 17.3. The molecular weight excluding hydrogens is 545 g/mol. The van der Waals surface area contributed by atoms with Crippen LogP contribution in [0.5, 0.6) is 5.75 Å². The number of amides is 2. The molecule has 2 fully saturated rings. The summed E-state index contributed by atoms with van der Waals surface area (Å²) in [5.74, 6) is 0.135. The maximum atomic E-state index is 14.3. The predicted octanol–water partition coefficient (Wildman–Crippen LogP) is 5.13. The van der Waals surface area contributed by atoms with Gasteiger partial charge in [-0.2, -0.15) is 0 Å². The van der Waals surface area contributed by atoms with Crippen LogP contribution in [0.4, 0.5) is 9.18 Å². The van der Waals surface area contributed by atoms with Gasteiger partial charge in [-0.05, 0) is 50.3 Å². The Bertz CT molecular complexity index is 1450. The molecule has 0 bridgehead atoms. The summed E-state index contributed by atoms with van der Waals surface area (Å²) in [6.45, 7) is 10.6. The SMILES string of the molecule is Cc1c(C(=O)N[C@@H]2CCN(C(=O)O)C2)c2ncnc(-c3ccc(F)cc3OCC3CC3)c2n1COCC[Si](C)(C)C. The number of hydrogen-bond acceptors (Lipinski definition) is 6. The van der Waals surface area contributed by atoms with Crippen LogP contribution in [0.15, 0.2) is 24.5 Å². The first kappa shape index (κ1) is 29.0. The van der Waals surface area contributed by atoms with Gasteiger partial charge in [-0.15, -0.1) is 0 Å². The Kier molecular flexibility index (Phi) is 8.32. The summed E-state index contributed by atoms with van der Waals surface area (Å²) in [5.41, 5.74) is 3.22. The fraction of sp³-hybridized carbons (Fsp3) is 0.517. The number of fused-ring (bicyclic) bond motifs is 1. The molecule has 12 heteroatoms. The summed E-state index contributed by atoms with van der Waals surface area (Å²) in [5, 5.41) is 12.3. The van der Waals surface area contributed by atoms with Crippen LogP contribution in [0, 0.1) is 18.7 Å². The van der Waals surface area contributed by atoms with Crippen molar-refractivity contribution in [1.29, 1.82) is 0 Å². The topological polar surface area (TPSA) is 119 Å². The van der Waals surface area contributed by atoms with Crippen LogP contribution in [0.3, 0.4) is 0 Å². The van der Waals surface area contributed by atoms with Crippen LogP contribution in [0.25, 0.3) is 22.3 Å². The highest BCUT2D eigenvalue weighted by Crippen LogP contribution is 2.38. The van der Waals surface area contributed by atoms with Gasteiger partial charge in [-0.1, -0.05) is 19.6 Å². The summed E-state index contributed by atoms with van der Waals surface area (Å²) < 4.78 is 28.4. The van der Waals surface area contributed by atoms with Gasteiger partial charge in [0.05, 0.1) is 17.7 Å². The maximum absolute atomic E-state index is 14.3. The van der Waals surface area contributed by atoms with E-state index >= 15 is 0 Å². The van der Waals surface area contributed by atoms with Gasteiger partial charge < -0.3 is 29.4 Å². The molecule has 1 aliphatic heterocycles. The van der Waals surface area contributed by atoms with Gasteiger partial charge in [0.25, 0.3) is 5.91 Å². The predicted molar refractivity (Wildman–Crippen MR) is 155 cm³/mol. The highest BCUT2D eigenvalue weighted by atomic mass is 28.3. The molecule has 5 rings (SSSR count). The van der Waals surface area contributed by atoms with E-state index in [1.54, 1.807) is 6.07 Å². The van der Waals surface area contributed by atoms with E-state index in [0.717, 1.165) is 18.9 Å². The van der Waals surface area contributed by atoms with Gasteiger partial charge >= 0.3 is 6.09 Å². The first-order valence-electron chi connectivity index (χ1n) is 14.1. The van der Waals surface area contributed by atoms with E-state index in [1.165, 1.54) is 23.4 Å². The molecule has 2 aliphatic rings. The Morgan fingerprint density at radius 3 is 2.66 bits per heavy atom. The van der Waals surface area contributed by atoms with Gasteiger partial charge in [0.1, 0.15) is 35.8 Å². The minimum Gasteiger partial charge on any atom is -0.492 e. The van der Waals surface area contributed by atoms with Crippen molar-refractivity contribution in [2.24, 2.45) is 5.92 Å². The fourth-order valence-electron chi connectivity index (χ4n) is 5.07. The van der Waals surface area contributed by atoms with E-state index in [2.05, 4.69) is 34.9 Å². The molecule has 1 aromatic carbocycles. The van der Waals surface area contributed by atoms with E-state index in [9.17, 15) is 19.1 Å². The second kappa shape index (κ2) is 11.8. The van der Waals surface area contributed by atoms with Crippen molar-refractivity contribution in [3.8, 4) is 17.0 Å². The number of halogens is 1. The minimum absolute atomic E-state index is 0.191. The van der Waals surface area contributed by atoms with E-state index in [-0.39, 0.29) is 25.2 Å². The quantitative estimate of drug-likeness (QED) is 0.237. The standard InChI is InChI=1S/C29H38FN5O5Si/c1-18-24(28(36)33-21-9-10-34(14-21)29(37)38)26-27(35(18)17-39-11-12-41(2,3)4)25(31-16-32-26)22-8-7-20(30)13-23(22)40-15-19-5-6-19/h7-8,13,16,19,21H,5-6,9-12,14-15,17H2,1-4H3,(H,33,36)(H,37,38)/t21-/m1/s1. The monoisotopic (exact) mass is 583 g/mol. The smallest absolute Gasteiger partial charge is 0.407 e. The summed E-state index contributed by atoms with van der Waals surface area (Å²) in [7, 11) is -1.32. The summed E-state index contributed by atoms with van der Waals surface area (Å²) in [6, 6.07) is 5.08. The number of ether oxygens (including phenoxy) is 2. The van der Waals surface area contributed by atoms with E-state index in [1.807, 2.05) is 11.5 Å². The molecule has 41 heavy (non-hydrogen) atoms. The number of carboxylic acid groups (broad SMARTS) is 1. The van der Waals surface area contributed by atoms with Crippen molar-refractivity contribution in [3.05, 3.63) is 41.6 Å². The van der Waals surface area contributed by atoms with E-state index < -0.39 is 20.0 Å². The molecule has 2 amide bonds. The number of benzene rings is 1. The molecule has 0 unspecified atom stereocenters. The third-order valence-corrected chi connectivity index (χ3v) is 9.41. The van der Waals surface area contributed by atoms with Gasteiger partial charge in [0, 0.05) is 51.1 Å². The van der Waals surface area contributed by atoms with Crippen LogP contribution in [0.1, 0.15) is 35.3 Å². The first-order chi connectivity index (χ1) is 19.5. The van der Waals surface area contributed by atoms with Crippen LogP contribution in [-0.4, -0.2) is 77.0 Å². The van der Waals surface area contributed by atoms with Crippen molar-refractivity contribution < 1.29 is 28.6 Å². The van der Waals surface area contributed by atoms with E-state index in [0.29, 0.717) is 71.4 Å². The molecule has 1 saturated heterocycles. The molecule has 2 N–H and O–H groups in total. The number of hydrogen-bond donors (Lipinski definition) is 2. The number of aromatic nitrogens is 3. The number of nitrogens with one attached hydrogen (secondary N) is 1. The van der Waals surface area contributed by atoms with Crippen LogP contribution >= 0.6 is 0 Å². The highest BCUT2D eigenvalue weighted by molar-refractivity contribution is 6.76. The van der Waals surface area contributed by atoms with Crippen LogP contribution in [-0.2, 0) is 11.5 Å². The molecule has 3 heterocycles. The van der Waals surface area contributed by atoms with Crippen LogP contribution < -0.4 is 10.1 Å². The Morgan fingerprint density at radius 2 is 1.98 bits per heavy atom. The zero-order valence-electron chi connectivity index (χ0n) is 24.1. The van der Waals surface area contributed by atoms with Crippen molar-refractivity contribution >= 4 is 31.1 Å². The summed E-state index contributed by atoms with van der Waals surface area (Å²) >= 11 is 0. The molecule has 1 atom stereocenters. The third kappa shape index (κ3) is 6.70. The lowest BCUT2D eigenvalue weighted by molar-refractivity contribution is 0.0880. The zero-order valence-corrected chi connectivity index (χ0v) is 25.1. The number of likely N-dealkylation sites (tertiary alicyclic amines) is 1. The Morgan fingerprint density at radius 1 is 1.20 bits per heavy atom. The molecule has 0 spiro atoms. The Hall–Kier alpha value is -3.51. The molecule has 1 aliphatic carbocycles. The molecular formula is C29H38FN5O5Si. The molecule has 2 aromatic heterocycles. The number of carbonyl (C=O) groups excluding carboxylic acids is 1. The summed E-state index contributed by atoms with van der Waals surface area (Å²) in [4.78, 5) is 35.5. The van der Waals surface area contributed by atoms with E-state index in [4.69, 9.17) is 9.47 Å². The lowest BCUT2D eigenvalue weighted by atomic mass is 10.1. The highest BCUT2D eigenvalue weighted by Gasteiger charge is 2.31. The molecule has 0 radical (unpaired) electrons. The number of nitrogens with zero attached hydrogens (tertiary/aromatic N) is 4. The first-order valence-corrected chi connectivity index (χ1v) is 17.9. The average Bonchev–Trinajstić information content (AvgIpc) is 3.54. The molecule has 1 saturated carbocycles. The number of carbonyl (C=O) groups is 2. The Labute approximate surface area is 239 Å².